The molecule has 0 aromatic heterocycles. The van der Waals surface area contributed by atoms with Crippen LogP contribution >= 0.6 is 11.8 Å². The fourth-order valence-corrected chi connectivity index (χ4v) is 2.66. The van der Waals surface area contributed by atoms with Crippen molar-refractivity contribution in [1.29, 1.82) is 0 Å². The molecule has 3 heteroatoms. The molecule has 0 aliphatic heterocycles. The minimum atomic E-state index is 0.122. The van der Waals surface area contributed by atoms with Crippen LogP contribution in [0.5, 0.6) is 0 Å². The Bertz CT molecular complexity index is 449. The number of carbonyl (C=O) groups excluding carboxylic acids is 1. The van der Waals surface area contributed by atoms with Gasteiger partial charge in [-0.2, -0.15) is 0 Å². The molecule has 0 saturated carbocycles. The SMILES string of the molecule is CCN(C(=O)CSC(C)(C)C)c1ccc(C)cc1C. The van der Waals surface area contributed by atoms with Crippen LogP contribution in [0.25, 0.3) is 0 Å². The van der Waals surface area contributed by atoms with E-state index >= 15 is 0 Å². The van der Waals surface area contributed by atoms with Crippen LogP contribution in [0.2, 0.25) is 0 Å². The van der Waals surface area contributed by atoms with E-state index in [-0.39, 0.29) is 10.7 Å². The molecule has 19 heavy (non-hydrogen) atoms. The third-order valence-corrected chi connectivity index (χ3v) is 4.15. The van der Waals surface area contributed by atoms with Crippen molar-refractivity contribution in [2.24, 2.45) is 0 Å². The van der Waals surface area contributed by atoms with Crippen molar-refractivity contribution in [1.82, 2.24) is 0 Å². The van der Waals surface area contributed by atoms with Crippen LogP contribution < -0.4 is 4.90 Å². The van der Waals surface area contributed by atoms with Gasteiger partial charge in [-0.3, -0.25) is 4.79 Å². The second kappa shape index (κ2) is 6.47. The van der Waals surface area contributed by atoms with Crippen LogP contribution in [0.4, 0.5) is 5.69 Å². The van der Waals surface area contributed by atoms with Gasteiger partial charge in [-0.1, -0.05) is 38.5 Å². The van der Waals surface area contributed by atoms with Crippen molar-refractivity contribution >= 4 is 23.4 Å². The topological polar surface area (TPSA) is 20.3 Å². The third-order valence-electron chi connectivity index (χ3n) is 2.89. The quantitative estimate of drug-likeness (QED) is 0.823. The molecule has 1 aromatic rings. The molecule has 1 amide bonds. The van der Waals surface area contributed by atoms with E-state index in [4.69, 9.17) is 0 Å². The van der Waals surface area contributed by atoms with Gasteiger partial charge in [0.05, 0.1) is 5.75 Å². The zero-order valence-electron chi connectivity index (χ0n) is 12.9. The Hall–Kier alpha value is -0.960. The fourth-order valence-electron chi connectivity index (χ4n) is 1.95. The van der Waals surface area contributed by atoms with E-state index < -0.39 is 0 Å². The summed E-state index contributed by atoms with van der Waals surface area (Å²) in [5.41, 5.74) is 3.43. The molecule has 0 fully saturated rings. The predicted molar refractivity (Wildman–Crippen MR) is 86.2 cm³/mol. The Morgan fingerprint density at radius 3 is 2.37 bits per heavy atom. The van der Waals surface area contributed by atoms with Gasteiger partial charge in [0.15, 0.2) is 0 Å². The van der Waals surface area contributed by atoms with Crippen molar-refractivity contribution in [2.45, 2.75) is 46.3 Å². The summed E-state index contributed by atoms with van der Waals surface area (Å²) >= 11 is 1.70. The molecule has 0 bridgehead atoms. The van der Waals surface area contributed by atoms with Gasteiger partial charge < -0.3 is 4.90 Å². The average molecular weight is 279 g/mol. The molecule has 0 aliphatic rings. The normalized spacial score (nSPS) is 11.5. The molecule has 0 radical (unpaired) electrons. The van der Waals surface area contributed by atoms with Gasteiger partial charge in [0, 0.05) is 17.0 Å². The largest absolute Gasteiger partial charge is 0.312 e. The van der Waals surface area contributed by atoms with Gasteiger partial charge in [-0.25, -0.2) is 0 Å². The minimum absolute atomic E-state index is 0.122. The molecule has 0 saturated heterocycles. The number of thioether (sulfide) groups is 1. The van der Waals surface area contributed by atoms with Crippen LogP contribution in [0.3, 0.4) is 0 Å². The number of benzene rings is 1. The van der Waals surface area contributed by atoms with E-state index in [1.807, 2.05) is 17.9 Å². The summed E-state index contributed by atoms with van der Waals surface area (Å²) in [4.78, 5) is 14.2. The summed E-state index contributed by atoms with van der Waals surface area (Å²) in [7, 11) is 0. The fraction of sp³-hybridized carbons (Fsp3) is 0.562. The number of nitrogens with zero attached hydrogens (tertiary/aromatic N) is 1. The number of rotatable bonds is 4. The van der Waals surface area contributed by atoms with Crippen LogP contribution in [0.1, 0.15) is 38.8 Å². The molecular weight excluding hydrogens is 254 g/mol. The number of hydrogen-bond donors (Lipinski definition) is 0. The second-order valence-corrected chi connectivity index (χ2v) is 7.63. The van der Waals surface area contributed by atoms with Crippen molar-refractivity contribution in [2.75, 3.05) is 17.2 Å². The Labute approximate surface area is 121 Å². The average Bonchev–Trinajstić information content (AvgIpc) is 2.29. The Morgan fingerprint density at radius 2 is 1.89 bits per heavy atom. The molecule has 1 aromatic carbocycles. The number of anilines is 1. The Balaban J connectivity index is 2.85. The zero-order valence-corrected chi connectivity index (χ0v) is 13.7. The lowest BCUT2D eigenvalue weighted by atomic mass is 10.1. The molecule has 0 N–H and O–H groups in total. The van der Waals surface area contributed by atoms with Gasteiger partial charge >= 0.3 is 0 Å². The summed E-state index contributed by atoms with van der Waals surface area (Å²) in [5, 5.41) is 0. The van der Waals surface area contributed by atoms with Gasteiger partial charge in [-0.15, -0.1) is 11.8 Å². The van der Waals surface area contributed by atoms with Crippen molar-refractivity contribution < 1.29 is 4.79 Å². The first kappa shape index (κ1) is 16.1. The summed E-state index contributed by atoms with van der Waals surface area (Å²) in [6.07, 6.45) is 0. The highest BCUT2D eigenvalue weighted by Crippen LogP contribution is 2.26. The standard InChI is InChI=1S/C16H25NOS/c1-7-17(15(18)11-19-16(4,5)6)14-9-8-12(2)10-13(14)3/h8-10H,7,11H2,1-6H3. The maximum Gasteiger partial charge on any atom is 0.236 e. The third kappa shape index (κ3) is 4.90. The van der Waals surface area contributed by atoms with E-state index in [1.165, 1.54) is 5.56 Å². The van der Waals surface area contributed by atoms with E-state index in [2.05, 4.69) is 46.8 Å². The Kier molecular flexibility index (Phi) is 5.48. The highest BCUT2D eigenvalue weighted by molar-refractivity contribution is 8.01. The number of aryl methyl sites for hydroxylation is 2. The van der Waals surface area contributed by atoms with E-state index in [0.717, 1.165) is 11.3 Å². The van der Waals surface area contributed by atoms with Crippen molar-refractivity contribution in [3.63, 3.8) is 0 Å². The maximum absolute atomic E-state index is 12.4. The molecular formula is C16H25NOS. The molecule has 0 atom stereocenters. The van der Waals surface area contributed by atoms with E-state index in [1.54, 1.807) is 11.8 Å². The Morgan fingerprint density at radius 1 is 1.26 bits per heavy atom. The summed E-state index contributed by atoms with van der Waals surface area (Å²) < 4.78 is 0.122. The maximum atomic E-state index is 12.4. The van der Waals surface area contributed by atoms with Gasteiger partial charge in [0.2, 0.25) is 5.91 Å². The van der Waals surface area contributed by atoms with Crippen LogP contribution in [-0.2, 0) is 4.79 Å². The number of hydrogen-bond acceptors (Lipinski definition) is 2. The molecule has 0 aliphatic carbocycles. The highest BCUT2D eigenvalue weighted by Gasteiger charge is 2.19. The summed E-state index contributed by atoms with van der Waals surface area (Å²) in [6, 6.07) is 6.24. The second-order valence-electron chi connectivity index (χ2n) is 5.83. The van der Waals surface area contributed by atoms with Crippen molar-refractivity contribution in [3.8, 4) is 0 Å². The number of carbonyl (C=O) groups is 1. The summed E-state index contributed by atoms with van der Waals surface area (Å²) in [6.45, 7) is 13.3. The monoisotopic (exact) mass is 279 g/mol. The van der Waals surface area contributed by atoms with Crippen molar-refractivity contribution in [3.05, 3.63) is 29.3 Å². The molecule has 1 rings (SSSR count). The highest BCUT2D eigenvalue weighted by atomic mass is 32.2. The first-order valence-electron chi connectivity index (χ1n) is 6.76. The lowest BCUT2D eigenvalue weighted by Gasteiger charge is -2.25. The van der Waals surface area contributed by atoms with Crippen LogP contribution in [0.15, 0.2) is 18.2 Å². The number of amides is 1. The zero-order chi connectivity index (χ0) is 14.6. The molecule has 0 spiro atoms. The lowest BCUT2D eigenvalue weighted by Crippen LogP contribution is -2.33. The van der Waals surface area contributed by atoms with Crippen LogP contribution in [0, 0.1) is 13.8 Å². The minimum Gasteiger partial charge on any atom is -0.312 e. The van der Waals surface area contributed by atoms with E-state index in [0.29, 0.717) is 12.3 Å². The molecule has 0 heterocycles. The van der Waals surface area contributed by atoms with Crippen LogP contribution in [-0.4, -0.2) is 23.0 Å². The van der Waals surface area contributed by atoms with Gasteiger partial charge in [0.25, 0.3) is 0 Å². The lowest BCUT2D eigenvalue weighted by molar-refractivity contribution is -0.116. The summed E-state index contributed by atoms with van der Waals surface area (Å²) in [5.74, 6) is 0.722. The van der Waals surface area contributed by atoms with Gasteiger partial charge in [0.1, 0.15) is 0 Å². The molecule has 2 nitrogen and oxygen atoms in total. The smallest absolute Gasteiger partial charge is 0.236 e. The van der Waals surface area contributed by atoms with Gasteiger partial charge in [-0.05, 0) is 32.4 Å². The molecule has 106 valence electrons. The first-order chi connectivity index (χ1) is 8.74. The van der Waals surface area contributed by atoms with E-state index in [9.17, 15) is 4.79 Å². The molecule has 0 unspecified atom stereocenters. The predicted octanol–water partition coefficient (Wildman–Crippen LogP) is 4.19. The first-order valence-corrected chi connectivity index (χ1v) is 7.74.